The van der Waals surface area contributed by atoms with Gasteiger partial charge in [0.2, 0.25) is 0 Å². The van der Waals surface area contributed by atoms with E-state index in [0.717, 1.165) is 40.8 Å². The Morgan fingerprint density at radius 1 is 1.19 bits per heavy atom. The van der Waals surface area contributed by atoms with Gasteiger partial charge < -0.3 is 9.88 Å². The lowest BCUT2D eigenvalue weighted by atomic mass is 10.0. The summed E-state index contributed by atoms with van der Waals surface area (Å²) in [5, 5.41) is 0.851. The number of fused-ring (bicyclic) bond motifs is 1. The topological polar surface area (TPSA) is 37.3 Å². The van der Waals surface area contributed by atoms with E-state index in [-0.39, 0.29) is 5.43 Å². The van der Waals surface area contributed by atoms with Crippen LogP contribution in [-0.2, 0) is 6.54 Å². The second-order valence-corrected chi connectivity index (χ2v) is 6.30. The minimum Gasteiger partial charge on any atom is -0.358 e. The molecule has 114 valence electrons. The molecule has 2 rings (SSSR count). The minimum absolute atomic E-state index is 0.203. The van der Waals surface area contributed by atoms with E-state index >= 15 is 0 Å². The largest absolute Gasteiger partial charge is 0.358 e. The molecule has 1 aromatic carbocycles. The van der Waals surface area contributed by atoms with Crippen molar-refractivity contribution in [1.29, 1.82) is 0 Å². The fraction of sp³-hybridized carbons (Fsp3) is 0.500. The van der Waals surface area contributed by atoms with Crippen LogP contribution in [0, 0.1) is 20.8 Å². The fourth-order valence-corrected chi connectivity index (χ4v) is 3.05. The van der Waals surface area contributed by atoms with Crippen molar-refractivity contribution in [3.8, 4) is 0 Å². The van der Waals surface area contributed by atoms with Gasteiger partial charge >= 0.3 is 0 Å². The first kappa shape index (κ1) is 15.8. The Balaban J connectivity index is 2.48. The van der Waals surface area contributed by atoms with E-state index in [0.29, 0.717) is 0 Å². The zero-order chi connectivity index (χ0) is 15.6. The third-order valence-electron chi connectivity index (χ3n) is 4.19. The molecule has 2 aromatic rings. The van der Waals surface area contributed by atoms with E-state index in [1.165, 1.54) is 23.3 Å². The monoisotopic (exact) mass is 287 g/mol. The predicted octanol–water partition coefficient (Wildman–Crippen LogP) is 2.27. The van der Waals surface area contributed by atoms with Crippen molar-refractivity contribution >= 4 is 10.9 Å². The summed E-state index contributed by atoms with van der Waals surface area (Å²) in [5.74, 6) is 0. The van der Waals surface area contributed by atoms with Gasteiger partial charge in [0, 0.05) is 11.1 Å². The summed E-state index contributed by atoms with van der Waals surface area (Å²) < 4.78 is 0. The van der Waals surface area contributed by atoms with E-state index in [1.807, 2.05) is 13.8 Å². The highest BCUT2D eigenvalue weighted by atomic mass is 16.1. The summed E-state index contributed by atoms with van der Waals surface area (Å²) in [5.41, 5.74) is 5.36. The standard InChI is InChI=1S/C18H26N2O/c1-6-7-8-20(5)11-15-14(4)19-16-10-12(2)9-13(3)17(16)18(15)21/h9-10H,6-8,11H2,1-5H3,(H,19,21)/p+1. The first-order chi connectivity index (χ1) is 9.93. The van der Waals surface area contributed by atoms with Gasteiger partial charge in [0.05, 0.1) is 24.7 Å². The maximum absolute atomic E-state index is 12.9. The van der Waals surface area contributed by atoms with Gasteiger partial charge in [-0.15, -0.1) is 0 Å². The Morgan fingerprint density at radius 2 is 1.90 bits per heavy atom. The smallest absolute Gasteiger partial charge is 0.198 e. The number of aryl methyl sites for hydroxylation is 3. The van der Waals surface area contributed by atoms with Gasteiger partial charge in [-0.2, -0.15) is 0 Å². The van der Waals surface area contributed by atoms with Crippen molar-refractivity contribution in [2.24, 2.45) is 0 Å². The van der Waals surface area contributed by atoms with E-state index in [4.69, 9.17) is 0 Å². The number of aromatic nitrogens is 1. The molecule has 3 nitrogen and oxygen atoms in total. The normalized spacial score (nSPS) is 12.8. The van der Waals surface area contributed by atoms with Crippen molar-refractivity contribution in [3.63, 3.8) is 0 Å². The Hall–Kier alpha value is -1.61. The summed E-state index contributed by atoms with van der Waals surface area (Å²) in [6.07, 6.45) is 2.40. The molecule has 1 unspecified atom stereocenters. The molecule has 21 heavy (non-hydrogen) atoms. The number of hydrogen-bond acceptors (Lipinski definition) is 1. The average Bonchev–Trinajstić information content (AvgIpc) is 2.40. The number of H-pyrrole nitrogens is 1. The van der Waals surface area contributed by atoms with Crippen molar-refractivity contribution < 1.29 is 4.90 Å². The molecule has 0 aliphatic heterocycles. The lowest BCUT2D eigenvalue weighted by Crippen LogP contribution is -3.07. The maximum atomic E-state index is 12.9. The van der Waals surface area contributed by atoms with Crippen LogP contribution < -0.4 is 10.3 Å². The molecule has 0 aliphatic carbocycles. The van der Waals surface area contributed by atoms with Gasteiger partial charge in [0.1, 0.15) is 6.54 Å². The molecule has 0 saturated heterocycles. The molecule has 0 spiro atoms. The minimum atomic E-state index is 0.203. The molecule has 0 saturated carbocycles. The third kappa shape index (κ3) is 3.35. The van der Waals surface area contributed by atoms with Crippen molar-refractivity contribution in [2.75, 3.05) is 13.6 Å². The summed E-state index contributed by atoms with van der Waals surface area (Å²) >= 11 is 0. The lowest BCUT2D eigenvalue weighted by Gasteiger charge is -2.16. The van der Waals surface area contributed by atoms with Crippen LogP contribution >= 0.6 is 0 Å². The van der Waals surface area contributed by atoms with Gasteiger partial charge in [0.25, 0.3) is 0 Å². The number of pyridine rings is 1. The molecular formula is C18H27N2O+. The van der Waals surface area contributed by atoms with Crippen LogP contribution in [0.15, 0.2) is 16.9 Å². The van der Waals surface area contributed by atoms with E-state index in [9.17, 15) is 4.79 Å². The molecular weight excluding hydrogens is 260 g/mol. The number of unbranched alkanes of at least 4 members (excludes halogenated alkanes) is 1. The van der Waals surface area contributed by atoms with Crippen LogP contribution in [0.25, 0.3) is 10.9 Å². The van der Waals surface area contributed by atoms with Gasteiger partial charge in [-0.3, -0.25) is 4.79 Å². The summed E-state index contributed by atoms with van der Waals surface area (Å²) in [7, 11) is 2.17. The molecule has 0 aliphatic rings. The second-order valence-electron chi connectivity index (χ2n) is 6.30. The molecule has 0 amide bonds. The maximum Gasteiger partial charge on any atom is 0.198 e. The number of hydrogen-bond donors (Lipinski definition) is 2. The highest BCUT2D eigenvalue weighted by Gasteiger charge is 2.15. The molecule has 2 N–H and O–H groups in total. The van der Waals surface area contributed by atoms with E-state index < -0.39 is 0 Å². The van der Waals surface area contributed by atoms with Crippen LogP contribution in [0.4, 0.5) is 0 Å². The first-order valence-corrected chi connectivity index (χ1v) is 7.88. The van der Waals surface area contributed by atoms with Gasteiger partial charge in [-0.05, 0) is 44.4 Å². The van der Waals surface area contributed by atoms with Crippen LogP contribution in [0.1, 0.15) is 42.1 Å². The van der Waals surface area contributed by atoms with Crippen LogP contribution in [0.5, 0.6) is 0 Å². The zero-order valence-corrected chi connectivity index (χ0v) is 13.9. The van der Waals surface area contributed by atoms with Crippen LogP contribution in [0.2, 0.25) is 0 Å². The molecule has 0 bridgehead atoms. The number of benzene rings is 1. The van der Waals surface area contributed by atoms with Crippen molar-refractivity contribution in [2.45, 2.75) is 47.1 Å². The second kappa shape index (κ2) is 6.44. The molecule has 1 heterocycles. The predicted molar refractivity (Wildman–Crippen MR) is 89.1 cm³/mol. The molecule has 1 atom stereocenters. The number of nitrogens with one attached hydrogen (secondary N) is 2. The lowest BCUT2D eigenvalue weighted by molar-refractivity contribution is -0.894. The quantitative estimate of drug-likeness (QED) is 0.870. The number of quaternary nitrogens is 1. The molecule has 0 radical (unpaired) electrons. The first-order valence-electron chi connectivity index (χ1n) is 7.88. The van der Waals surface area contributed by atoms with Crippen LogP contribution in [-0.4, -0.2) is 18.6 Å². The number of rotatable bonds is 5. The fourth-order valence-electron chi connectivity index (χ4n) is 3.05. The Labute approximate surface area is 127 Å². The summed E-state index contributed by atoms with van der Waals surface area (Å²) in [6, 6.07) is 4.15. The van der Waals surface area contributed by atoms with Crippen molar-refractivity contribution in [1.82, 2.24) is 4.98 Å². The Morgan fingerprint density at radius 3 is 2.57 bits per heavy atom. The average molecular weight is 287 g/mol. The Kier molecular flexibility index (Phi) is 4.84. The van der Waals surface area contributed by atoms with Gasteiger partial charge in [-0.1, -0.05) is 19.4 Å². The van der Waals surface area contributed by atoms with Gasteiger partial charge in [-0.25, -0.2) is 0 Å². The molecule has 1 aromatic heterocycles. The number of aromatic amines is 1. The highest BCUT2D eigenvalue weighted by Crippen LogP contribution is 2.17. The summed E-state index contributed by atoms with van der Waals surface area (Å²) in [4.78, 5) is 17.7. The van der Waals surface area contributed by atoms with Gasteiger partial charge in [0.15, 0.2) is 5.43 Å². The highest BCUT2D eigenvalue weighted by molar-refractivity contribution is 5.83. The summed E-state index contributed by atoms with van der Waals surface area (Å²) in [6.45, 7) is 10.2. The van der Waals surface area contributed by atoms with E-state index in [2.05, 4.69) is 38.0 Å². The molecule has 0 fully saturated rings. The SMILES string of the molecule is CCCC[NH+](C)Cc1c(C)[nH]c2cc(C)cc(C)c2c1=O. The molecule has 3 heteroatoms. The van der Waals surface area contributed by atoms with E-state index in [1.54, 1.807) is 0 Å². The third-order valence-corrected chi connectivity index (χ3v) is 4.19. The van der Waals surface area contributed by atoms with Crippen molar-refractivity contribution in [3.05, 3.63) is 44.7 Å². The zero-order valence-electron chi connectivity index (χ0n) is 13.9. The van der Waals surface area contributed by atoms with Crippen LogP contribution in [0.3, 0.4) is 0 Å². The Bertz CT molecular complexity index is 700.